The average Bonchev–Trinajstić information content (AvgIpc) is 2.58. The van der Waals surface area contributed by atoms with Crippen LogP contribution in [0.2, 0.25) is 0 Å². The lowest BCUT2D eigenvalue weighted by molar-refractivity contribution is -0.106. The molecular formula is C16H14N2O4. The number of anilines is 3. The number of nitrogens with one attached hydrogen (secondary N) is 1. The molecule has 0 spiro atoms. The second kappa shape index (κ2) is 5.07. The number of fused-ring (bicyclic) bond motifs is 2. The third-order valence-electron chi connectivity index (χ3n) is 3.56. The molecule has 1 aliphatic heterocycles. The highest BCUT2D eigenvalue weighted by Crippen LogP contribution is 2.44. The molecule has 0 bridgehead atoms. The summed E-state index contributed by atoms with van der Waals surface area (Å²) in [6.07, 6.45) is 0.620. The highest BCUT2D eigenvalue weighted by atomic mass is 16.3. The fourth-order valence-corrected chi connectivity index (χ4v) is 2.57. The van der Waals surface area contributed by atoms with Gasteiger partial charge in [0.1, 0.15) is 23.5 Å². The molecule has 1 heterocycles. The monoisotopic (exact) mass is 298 g/mol. The normalized spacial score (nSPS) is 13.0. The van der Waals surface area contributed by atoms with E-state index in [2.05, 4.69) is 5.32 Å². The molecule has 1 aliphatic rings. The predicted octanol–water partition coefficient (Wildman–Crippen LogP) is 2.31. The average molecular weight is 298 g/mol. The van der Waals surface area contributed by atoms with Crippen molar-refractivity contribution in [1.29, 1.82) is 0 Å². The number of phenols is 2. The second-order valence-electron chi connectivity index (χ2n) is 5.09. The van der Waals surface area contributed by atoms with E-state index in [9.17, 15) is 19.8 Å². The van der Waals surface area contributed by atoms with E-state index in [1.807, 2.05) is 0 Å². The minimum Gasteiger partial charge on any atom is -0.506 e. The fourth-order valence-electron chi connectivity index (χ4n) is 2.57. The zero-order chi connectivity index (χ0) is 15.9. The molecule has 2 aromatic rings. The van der Waals surface area contributed by atoms with Gasteiger partial charge in [-0.15, -0.1) is 0 Å². The molecule has 0 aromatic heterocycles. The number of benzene rings is 2. The van der Waals surface area contributed by atoms with E-state index in [0.29, 0.717) is 12.0 Å². The molecule has 0 radical (unpaired) electrons. The van der Waals surface area contributed by atoms with Gasteiger partial charge in [-0.1, -0.05) is 6.07 Å². The molecule has 112 valence electrons. The maximum Gasteiger partial charge on any atom is 0.260 e. The Morgan fingerprint density at radius 1 is 1.18 bits per heavy atom. The molecule has 0 atom stereocenters. The molecular weight excluding hydrogens is 284 g/mol. The Kier molecular flexibility index (Phi) is 3.21. The summed E-state index contributed by atoms with van der Waals surface area (Å²) in [5.41, 5.74) is 1.86. The minimum atomic E-state index is -0.422. The van der Waals surface area contributed by atoms with Crippen LogP contribution in [0.5, 0.6) is 11.5 Å². The number of amides is 1. The Hall–Kier alpha value is -3.02. The molecule has 0 saturated carbocycles. The van der Waals surface area contributed by atoms with Gasteiger partial charge in [-0.05, 0) is 36.8 Å². The first-order valence-electron chi connectivity index (χ1n) is 6.71. The first-order valence-corrected chi connectivity index (χ1v) is 6.71. The van der Waals surface area contributed by atoms with Gasteiger partial charge in [0, 0.05) is 0 Å². The lowest BCUT2D eigenvalue weighted by Crippen LogP contribution is -2.32. The smallest absolute Gasteiger partial charge is 0.260 e. The number of hydrogen-bond donors (Lipinski definition) is 3. The van der Waals surface area contributed by atoms with Gasteiger partial charge >= 0.3 is 0 Å². The molecule has 6 heteroatoms. The van der Waals surface area contributed by atoms with E-state index in [0.717, 1.165) is 5.56 Å². The lowest BCUT2D eigenvalue weighted by atomic mass is 10.1. The number of aldehydes is 1. The van der Waals surface area contributed by atoms with Gasteiger partial charge in [-0.2, -0.15) is 0 Å². The Labute approximate surface area is 126 Å². The molecule has 22 heavy (non-hydrogen) atoms. The van der Waals surface area contributed by atoms with Crippen LogP contribution in [0.25, 0.3) is 0 Å². The Morgan fingerprint density at radius 2 is 1.95 bits per heavy atom. The van der Waals surface area contributed by atoms with E-state index in [-0.39, 0.29) is 35.0 Å². The van der Waals surface area contributed by atoms with Crippen LogP contribution in [0, 0.1) is 6.92 Å². The molecule has 2 aromatic carbocycles. The number of phenolic OH excluding ortho intramolecular Hbond substituents is 2. The van der Waals surface area contributed by atoms with Crippen molar-refractivity contribution in [1.82, 2.24) is 0 Å². The van der Waals surface area contributed by atoms with Gasteiger partial charge in [-0.3, -0.25) is 9.69 Å². The van der Waals surface area contributed by atoms with Gasteiger partial charge in [0.25, 0.3) is 5.91 Å². The number of rotatable bonds is 2. The lowest BCUT2D eigenvalue weighted by Gasteiger charge is -2.21. The molecule has 0 saturated heterocycles. The van der Waals surface area contributed by atoms with Crippen molar-refractivity contribution in [3.8, 4) is 11.5 Å². The SMILES string of the molecule is Cc1cc(O)c2c(c1)N(CC=O)C(=O)c1cccc(O)c1N2. The second-order valence-corrected chi connectivity index (χ2v) is 5.09. The van der Waals surface area contributed by atoms with Crippen LogP contribution in [-0.4, -0.2) is 29.0 Å². The van der Waals surface area contributed by atoms with Gasteiger partial charge in [0.05, 0.1) is 23.5 Å². The molecule has 0 unspecified atom stereocenters. The first-order chi connectivity index (χ1) is 10.5. The van der Waals surface area contributed by atoms with Crippen molar-refractivity contribution in [3.05, 3.63) is 41.5 Å². The molecule has 0 fully saturated rings. The number of aryl methyl sites for hydroxylation is 1. The quantitative estimate of drug-likeness (QED) is 0.584. The number of carbonyl (C=O) groups is 2. The van der Waals surface area contributed by atoms with E-state index >= 15 is 0 Å². The van der Waals surface area contributed by atoms with Crippen molar-refractivity contribution in [3.63, 3.8) is 0 Å². The molecule has 0 aliphatic carbocycles. The summed E-state index contributed by atoms with van der Waals surface area (Å²) in [6.45, 7) is 1.63. The van der Waals surface area contributed by atoms with Crippen LogP contribution in [0.15, 0.2) is 30.3 Å². The van der Waals surface area contributed by atoms with E-state index in [1.165, 1.54) is 11.0 Å². The minimum absolute atomic E-state index is 0.0604. The largest absolute Gasteiger partial charge is 0.506 e. The van der Waals surface area contributed by atoms with Gasteiger partial charge < -0.3 is 20.3 Å². The maximum absolute atomic E-state index is 12.7. The van der Waals surface area contributed by atoms with Gasteiger partial charge in [-0.25, -0.2) is 0 Å². The highest BCUT2D eigenvalue weighted by Gasteiger charge is 2.29. The Balaban J connectivity index is 2.31. The number of nitrogens with zero attached hydrogens (tertiary/aromatic N) is 1. The van der Waals surface area contributed by atoms with Crippen molar-refractivity contribution in [2.24, 2.45) is 0 Å². The fraction of sp³-hybridized carbons (Fsp3) is 0.125. The topological polar surface area (TPSA) is 89.9 Å². The molecule has 6 nitrogen and oxygen atoms in total. The van der Waals surface area contributed by atoms with Crippen LogP contribution in [0.3, 0.4) is 0 Å². The summed E-state index contributed by atoms with van der Waals surface area (Å²) in [5.74, 6) is -0.589. The van der Waals surface area contributed by atoms with Crippen molar-refractivity contribution in [2.75, 3.05) is 16.8 Å². The zero-order valence-electron chi connectivity index (χ0n) is 11.8. The third-order valence-corrected chi connectivity index (χ3v) is 3.56. The number of carbonyl (C=O) groups excluding carboxylic acids is 2. The van der Waals surface area contributed by atoms with Crippen LogP contribution in [-0.2, 0) is 4.79 Å². The van der Waals surface area contributed by atoms with Gasteiger partial charge in [0.2, 0.25) is 0 Å². The summed E-state index contributed by atoms with van der Waals surface area (Å²) >= 11 is 0. The molecule has 1 amide bonds. The highest BCUT2D eigenvalue weighted by molar-refractivity contribution is 6.15. The van der Waals surface area contributed by atoms with E-state index < -0.39 is 5.91 Å². The predicted molar refractivity (Wildman–Crippen MR) is 82.0 cm³/mol. The Bertz CT molecular complexity index is 786. The van der Waals surface area contributed by atoms with E-state index in [4.69, 9.17) is 0 Å². The number of para-hydroxylation sites is 1. The number of hydrogen-bond acceptors (Lipinski definition) is 5. The summed E-state index contributed by atoms with van der Waals surface area (Å²) in [7, 11) is 0. The van der Waals surface area contributed by atoms with Crippen LogP contribution in [0.1, 0.15) is 15.9 Å². The Morgan fingerprint density at radius 3 is 2.68 bits per heavy atom. The van der Waals surface area contributed by atoms with Crippen LogP contribution in [0.4, 0.5) is 17.1 Å². The van der Waals surface area contributed by atoms with Crippen LogP contribution >= 0.6 is 0 Å². The summed E-state index contributed by atoms with van der Waals surface area (Å²) in [4.78, 5) is 24.9. The van der Waals surface area contributed by atoms with Crippen molar-refractivity contribution in [2.45, 2.75) is 6.92 Å². The van der Waals surface area contributed by atoms with Crippen LogP contribution < -0.4 is 10.2 Å². The number of aromatic hydroxyl groups is 2. The molecule has 3 N–H and O–H groups in total. The zero-order valence-corrected chi connectivity index (χ0v) is 11.8. The van der Waals surface area contributed by atoms with Crippen molar-refractivity contribution >= 4 is 29.3 Å². The summed E-state index contributed by atoms with van der Waals surface area (Å²) in [5, 5.41) is 23.1. The maximum atomic E-state index is 12.7. The summed E-state index contributed by atoms with van der Waals surface area (Å²) in [6, 6.07) is 7.79. The molecule has 3 rings (SSSR count). The van der Waals surface area contributed by atoms with Gasteiger partial charge in [0.15, 0.2) is 0 Å². The van der Waals surface area contributed by atoms with Crippen molar-refractivity contribution < 1.29 is 19.8 Å². The first kappa shape index (κ1) is 13.9. The standard InChI is InChI=1S/C16H14N2O4/c1-9-7-11-15(13(21)8-9)17-14-10(3-2-4-12(14)20)16(22)18(11)5-6-19/h2-4,6-8,17,20-21H,5H2,1H3. The third kappa shape index (κ3) is 2.05. The van der Waals surface area contributed by atoms with E-state index in [1.54, 1.807) is 31.2 Å². The summed E-state index contributed by atoms with van der Waals surface area (Å²) < 4.78 is 0.